The molecule has 0 atom stereocenters. The Bertz CT molecular complexity index is 435. The van der Waals surface area contributed by atoms with Gasteiger partial charge in [0.05, 0.1) is 6.54 Å². The van der Waals surface area contributed by atoms with Crippen LogP contribution >= 0.6 is 12.4 Å². The van der Waals surface area contributed by atoms with E-state index in [9.17, 15) is 4.79 Å². The number of nitrogens with zero attached hydrogens (tertiary/aromatic N) is 2. The van der Waals surface area contributed by atoms with Crippen LogP contribution in [0.15, 0.2) is 30.3 Å². The predicted octanol–water partition coefficient (Wildman–Crippen LogP) is 1.35. The van der Waals surface area contributed by atoms with Crippen LogP contribution in [0.5, 0.6) is 0 Å². The molecule has 0 saturated carbocycles. The van der Waals surface area contributed by atoms with Crippen LogP contribution in [0.3, 0.4) is 0 Å². The quantitative estimate of drug-likeness (QED) is 0.701. The van der Waals surface area contributed by atoms with Crippen LogP contribution < -0.4 is 15.5 Å². The number of piperazine rings is 1. The van der Waals surface area contributed by atoms with Gasteiger partial charge in [-0.3, -0.25) is 9.69 Å². The Morgan fingerprint density at radius 1 is 1.09 bits per heavy atom. The van der Waals surface area contributed by atoms with Crippen molar-refractivity contribution in [2.75, 3.05) is 57.8 Å². The number of benzene rings is 1. The molecule has 0 bridgehead atoms. The lowest BCUT2D eigenvalue weighted by Gasteiger charge is -2.36. The molecule has 130 valence electrons. The SMILES string of the molecule is CNCC(=O)NCCCCN1CCN(c2ccccc2)CC1.Cl. The minimum Gasteiger partial charge on any atom is -0.369 e. The number of halogens is 1. The topological polar surface area (TPSA) is 47.6 Å². The molecule has 2 N–H and O–H groups in total. The number of rotatable bonds is 8. The summed E-state index contributed by atoms with van der Waals surface area (Å²) in [4.78, 5) is 16.3. The highest BCUT2D eigenvalue weighted by Crippen LogP contribution is 2.15. The van der Waals surface area contributed by atoms with Gasteiger partial charge in [-0.05, 0) is 38.6 Å². The van der Waals surface area contributed by atoms with E-state index < -0.39 is 0 Å². The Balaban J connectivity index is 0.00000264. The fourth-order valence-electron chi connectivity index (χ4n) is 2.78. The summed E-state index contributed by atoms with van der Waals surface area (Å²) in [5.41, 5.74) is 1.33. The van der Waals surface area contributed by atoms with Crippen LogP contribution in [-0.4, -0.2) is 63.7 Å². The molecule has 1 fully saturated rings. The van der Waals surface area contributed by atoms with E-state index in [0.29, 0.717) is 6.54 Å². The summed E-state index contributed by atoms with van der Waals surface area (Å²) in [5, 5.41) is 5.77. The van der Waals surface area contributed by atoms with Crippen molar-refractivity contribution in [1.29, 1.82) is 0 Å². The van der Waals surface area contributed by atoms with Gasteiger partial charge in [0.2, 0.25) is 5.91 Å². The molecule has 0 radical (unpaired) electrons. The molecule has 0 aliphatic carbocycles. The summed E-state index contributed by atoms with van der Waals surface area (Å²) >= 11 is 0. The molecule has 0 spiro atoms. The second-order valence-corrected chi connectivity index (χ2v) is 5.75. The first-order chi connectivity index (χ1) is 10.8. The highest BCUT2D eigenvalue weighted by Gasteiger charge is 2.16. The first kappa shape index (κ1) is 19.7. The van der Waals surface area contributed by atoms with Gasteiger partial charge in [0.15, 0.2) is 0 Å². The largest absolute Gasteiger partial charge is 0.369 e. The first-order valence-corrected chi connectivity index (χ1v) is 8.23. The van der Waals surface area contributed by atoms with Crippen molar-refractivity contribution in [1.82, 2.24) is 15.5 Å². The van der Waals surface area contributed by atoms with E-state index in [2.05, 4.69) is 50.8 Å². The molecular formula is C17H29ClN4O. The van der Waals surface area contributed by atoms with Crippen LogP contribution in [0, 0.1) is 0 Å². The summed E-state index contributed by atoms with van der Waals surface area (Å²) in [6.07, 6.45) is 2.19. The second-order valence-electron chi connectivity index (χ2n) is 5.75. The molecule has 1 aromatic rings. The summed E-state index contributed by atoms with van der Waals surface area (Å²) in [6, 6.07) is 10.6. The Morgan fingerprint density at radius 3 is 2.43 bits per heavy atom. The zero-order chi connectivity index (χ0) is 15.6. The summed E-state index contributed by atoms with van der Waals surface area (Å²) < 4.78 is 0. The van der Waals surface area contributed by atoms with E-state index in [0.717, 1.165) is 52.1 Å². The standard InChI is InChI=1S/C17H28N4O.ClH/c1-18-15-17(22)19-9-5-6-10-20-11-13-21(14-12-20)16-7-3-2-4-8-16;/h2-4,7-8,18H,5-6,9-15H2,1H3,(H,19,22);1H. The Morgan fingerprint density at radius 2 is 1.78 bits per heavy atom. The molecule has 1 aliphatic rings. The third-order valence-electron chi connectivity index (χ3n) is 4.05. The highest BCUT2D eigenvalue weighted by molar-refractivity contribution is 5.85. The van der Waals surface area contributed by atoms with E-state index in [4.69, 9.17) is 0 Å². The molecule has 1 amide bonds. The number of likely N-dealkylation sites (N-methyl/N-ethyl adjacent to an activating group) is 1. The molecule has 1 heterocycles. The van der Waals surface area contributed by atoms with Crippen LogP contribution in [0.4, 0.5) is 5.69 Å². The van der Waals surface area contributed by atoms with Crippen LogP contribution in [-0.2, 0) is 4.79 Å². The van der Waals surface area contributed by atoms with E-state index in [1.165, 1.54) is 5.69 Å². The van der Waals surface area contributed by atoms with Gasteiger partial charge in [-0.2, -0.15) is 0 Å². The Hall–Kier alpha value is -1.30. The molecule has 1 saturated heterocycles. The highest BCUT2D eigenvalue weighted by atomic mass is 35.5. The number of hydrogen-bond donors (Lipinski definition) is 2. The average Bonchev–Trinajstić information content (AvgIpc) is 2.56. The monoisotopic (exact) mass is 340 g/mol. The van der Waals surface area contributed by atoms with E-state index in [1.807, 2.05) is 0 Å². The number of amides is 1. The number of para-hydroxylation sites is 1. The van der Waals surface area contributed by atoms with Crippen LogP contribution in [0.25, 0.3) is 0 Å². The second kappa shape index (κ2) is 11.3. The van der Waals surface area contributed by atoms with Gasteiger partial charge in [0.25, 0.3) is 0 Å². The van der Waals surface area contributed by atoms with Crippen molar-refractivity contribution in [3.8, 4) is 0 Å². The lowest BCUT2D eigenvalue weighted by Crippen LogP contribution is -2.46. The van der Waals surface area contributed by atoms with Gasteiger partial charge in [-0.25, -0.2) is 0 Å². The first-order valence-electron chi connectivity index (χ1n) is 8.23. The fourth-order valence-corrected chi connectivity index (χ4v) is 2.78. The van der Waals surface area contributed by atoms with Crippen LogP contribution in [0.1, 0.15) is 12.8 Å². The van der Waals surface area contributed by atoms with Crippen molar-refractivity contribution in [2.45, 2.75) is 12.8 Å². The Kier molecular flexibility index (Phi) is 9.67. The molecular weight excluding hydrogens is 312 g/mol. The zero-order valence-electron chi connectivity index (χ0n) is 14.0. The van der Waals surface area contributed by atoms with E-state index in [1.54, 1.807) is 7.05 Å². The van der Waals surface area contributed by atoms with Gasteiger partial charge in [0.1, 0.15) is 0 Å². The maximum atomic E-state index is 11.3. The molecule has 6 heteroatoms. The number of carbonyl (C=O) groups is 1. The van der Waals surface area contributed by atoms with Gasteiger partial charge in [-0.1, -0.05) is 18.2 Å². The van der Waals surface area contributed by atoms with Crippen molar-refractivity contribution in [3.05, 3.63) is 30.3 Å². The fraction of sp³-hybridized carbons (Fsp3) is 0.588. The van der Waals surface area contributed by atoms with Gasteiger partial charge in [-0.15, -0.1) is 12.4 Å². The summed E-state index contributed by atoms with van der Waals surface area (Å²) in [5.74, 6) is 0.0824. The maximum Gasteiger partial charge on any atom is 0.233 e. The normalized spacial score (nSPS) is 15.1. The van der Waals surface area contributed by atoms with E-state index in [-0.39, 0.29) is 18.3 Å². The molecule has 5 nitrogen and oxygen atoms in total. The minimum absolute atomic E-state index is 0. The van der Waals surface area contributed by atoms with Crippen molar-refractivity contribution < 1.29 is 4.79 Å². The molecule has 23 heavy (non-hydrogen) atoms. The molecule has 2 rings (SSSR count). The summed E-state index contributed by atoms with van der Waals surface area (Å²) in [7, 11) is 1.79. The number of nitrogens with one attached hydrogen (secondary N) is 2. The molecule has 0 aromatic heterocycles. The minimum atomic E-state index is 0. The van der Waals surface area contributed by atoms with Crippen molar-refractivity contribution >= 4 is 24.0 Å². The maximum absolute atomic E-state index is 11.3. The number of unbranched alkanes of at least 4 members (excludes halogenated alkanes) is 1. The van der Waals surface area contributed by atoms with Crippen molar-refractivity contribution in [3.63, 3.8) is 0 Å². The smallest absolute Gasteiger partial charge is 0.233 e. The lowest BCUT2D eigenvalue weighted by atomic mass is 10.2. The third kappa shape index (κ3) is 7.20. The lowest BCUT2D eigenvalue weighted by molar-refractivity contribution is -0.120. The number of carbonyl (C=O) groups excluding carboxylic acids is 1. The molecule has 1 aliphatic heterocycles. The molecule has 0 unspecified atom stereocenters. The number of hydrogen-bond acceptors (Lipinski definition) is 4. The van der Waals surface area contributed by atoms with E-state index >= 15 is 0 Å². The predicted molar refractivity (Wildman–Crippen MR) is 98.5 cm³/mol. The van der Waals surface area contributed by atoms with Crippen LogP contribution in [0.2, 0.25) is 0 Å². The third-order valence-corrected chi connectivity index (χ3v) is 4.05. The number of anilines is 1. The Labute approximate surface area is 145 Å². The average molecular weight is 341 g/mol. The van der Waals surface area contributed by atoms with Gasteiger partial charge >= 0.3 is 0 Å². The van der Waals surface area contributed by atoms with Gasteiger partial charge in [0, 0.05) is 38.4 Å². The van der Waals surface area contributed by atoms with Crippen molar-refractivity contribution in [2.24, 2.45) is 0 Å². The molecule has 1 aromatic carbocycles. The zero-order valence-corrected chi connectivity index (χ0v) is 14.8. The summed E-state index contributed by atoms with van der Waals surface area (Å²) in [6.45, 7) is 6.77. The van der Waals surface area contributed by atoms with Gasteiger partial charge < -0.3 is 15.5 Å².